The zero-order chi connectivity index (χ0) is 22.7. The third-order valence-corrected chi connectivity index (χ3v) is 6.48. The maximum Gasteiger partial charge on any atom is 0.326 e. The van der Waals surface area contributed by atoms with Gasteiger partial charge in [0.2, 0.25) is 17.7 Å². The van der Waals surface area contributed by atoms with E-state index in [4.69, 9.17) is 5.73 Å². The maximum absolute atomic E-state index is 13.0. The molecule has 0 spiro atoms. The number of rotatable bonds is 13. The van der Waals surface area contributed by atoms with Gasteiger partial charge in [0.1, 0.15) is 18.1 Å². The van der Waals surface area contributed by atoms with Crippen molar-refractivity contribution in [2.45, 2.75) is 49.9 Å². The molecular formula is C18H32N4O5S3. The number of hydrogen-bond donors (Lipinski definition) is 5. The molecule has 0 aromatic carbocycles. The average Bonchev–Trinajstić information content (AvgIpc) is 3.22. The highest BCUT2D eigenvalue weighted by molar-refractivity contribution is 7.98. The lowest BCUT2D eigenvalue weighted by molar-refractivity contribution is -0.144. The zero-order valence-electron chi connectivity index (χ0n) is 17.3. The number of carbonyl (C=O) groups is 4. The number of hydrogen-bond acceptors (Lipinski definition) is 8. The summed E-state index contributed by atoms with van der Waals surface area (Å²) in [7, 11) is 0. The molecule has 5 N–H and O–H groups in total. The van der Waals surface area contributed by atoms with Crippen LogP contribution in [0.1, 0.15) is 25.7 Å². The summed E-state index contributed by atoms with van der Waals surface area (Å²) in [4.78, 5) is 50.8. The fourth-order valence-electron chi connectivity index (χ4n) is 3.10. The van der Waals surface area contributed by atoms with Gasteiger partial charge in [0, 0.05) is 12.3 Å². The number of nitrogens with two attached hydrogens (primary N) is 1. The number of carboxylic acid groups (broad SMARTS) is 1. The largest absolute Gasteiger partial charge is 0.480 e. The maximum atomic E-state index is 13.0. The summed E-state index contributed by atoms with van der Waals surface area (Å²) in [6.45, 7) is 0.359. The molecule has 0 bridgehead atoms. The summed E-state index contributed by atoms with van der Waals surface area (Å²) < 4.78 is 0. The van der Waals surface area contributed by atoms with Crippen LogP contribution < -0.4 is 16.4 Å². The summed E-state index contributed by atoms with van der Waals surface area (Å²) in [6, 6.07) is -3.39. The predicted octanol–water partition coefficient (Wildman–Crippen LogP) is -0.205. The van der Waals surface area contributed by atoms with Gasteiger partial charge in [0.25, 0.3) is 0 Å². The first-order valence-electron chi connectivity index (χ1n) is 9.75. The van der Waals surface area contributed by atoms with Gasteiger partial charge in [0.05, 0.1) is 6.04 Å². The molecular weight excluding hydrogens is 448 g/mol. The van der Waals surface area contributed by atoms with Crippen LogP contribution in [0.3, 0.4) is 0 Å². The van der Waals surface area contributed by atoms with Crippen LogP contribution in [0.4, 0.5) is 0 Å². The molecule has 1 rings (SSSR count). The molecule has 172 valence electrons. The van der Waals surface area contributed by atoms with Crippen molar-refractivity contribution < 1.29 is 24.3 Å². The summed E-state index contributed by atoms with van der Waals surface area (Å²) in [5, 5.41) is 14.5. The van der Waals surface area contributed by atoms with Crippen LogP contribution in [0.15, 0.2) is 0 Å². The van der Waals surface area contributed by atoms with Crippen LogP contribution in [0.5, 0.6) is 0 Å². The van der Waals surface area contributed by atoms with Gasteiger partial charge in [-0.15, -0.1) is 0 Å². The lowest BCUT2D eigenvalue weighted by atomic mass is 10.1. The van der Waals surface area contributed by atoms with Crippen LogP contribution in [0.25, 0.3) is 0 Å². The van der Waals surface area contributed by atoms with E-state index in [1.807, 2.05) is 12.5 Å². The number of carboxylic acids is 1. The molecule has 4 unspecified atom stereocenters. The number of carbonyl (C=O) groups excluding carboxylic acids is 3. The van der Waals surface area contributed by atoms with Crippen molar-refractivity contribution in [3.05, 3.63) is 0 Å². The van der Waals surface area contributed by atoms with Gasteiger partial charge in [-0.1, -0.05) is 0 Å². The molecule has 30 heavy (non-hydrogen) atoms. The Morgan fingerprint density at radius 2 is 1.77 bits per heavy atom. The molecule has 1 aliphatic heterocycles. The van der Waals surface area contributed by atoms with Gasteiger partial charge in [-0.2, -0.15) is 36.2 Å². The third kappa shape index (κ3) is 8.20. The van der Waals surface area contributed by atoms with Gasteiger partial charge in [-0.25, -0.2) is 4.79 Å². The summed E-state index contributed by atoms with van der Waals surface area (Å²) in [5.74, 6) is -1.05. The van der Waals surface area contributed by atoms with Crippen LogP contribution in [-0.2, 0) is 19.2 Å². The van der Waals surface area contributed by atoms with E-state index in [0.29, 0.717) is 38.0 Å². The fraction of sp³-hybridized carbons (Fsp3) is 0.778. The Kier molecular flexibility index (Phi) is 12.6. The number of amides is 3. The third-order valence-electron chi connectivity index (χ3n) is 4.83. The van der Waals surface area contributed by atoms with Crippen molar-refractivity contribution in [1.29, 1.82) is 0 Å². The van der Waals surface area contributed by atoms with E-state index in [-0.39, 0.29) is 5.75 Å². The summed E-state index contributed by atoms with van der Waals surface area (Å²) in [5.41, 5.74) is 5.86. The van der Waals surface area contributed by atoms with Crippen molar-refractivity contribution in [1.82, 2.24) is 15.5 Å². The standard InChI is InChI=1S/C18H32N4O5S3/c1-29-8-5-11(19)15(23)21-13(10-28)17(25)22-7-3-4-14(22)16(24)20-12(18(26)27)6-9-30-2/h11-14,28H,3-10,19H2,1-2H3,(H,20,24)(H,21,23)(H,26,27). The van der Waals surface area contributed by atoms with E-state index < -0.39 is 47.9 Å². The molecule has 12 heteroatoms. The lowest BCUT2D eigenvalue weighted by Crippen LogP contribution is -2.57. The van der Waals surface area contributed by atoms with Gasteiger partial charge in [0.15, 0.2) is 0 Å². The van der Waals surface area contributed by atoms with E-state index in [0.717, 1.165) is 5.75 Å². The molecule has 0 saturated carbocycles. The number of nitrogens with zero attached hydrogens (tertiary/aromatic N) is 1. The number of aliphatic carboxylic acids is 1. The van der Waals surface area contributed by atoms with Crippen molar-refractivity contribution in [2.24, 2.45) is 5.73 Å². The van der Waals surface area contributed by atoms with E-state index in [9.17, 15) is 24.3 Å². The molecule has 0 aliphatic carbocycles. The Morgan fingerprint density at radius 3 is 2.33 bits per heavy atom. The molecule has 1 fully saturated rings. The molecule has 4 atom stereocenters. The zero-order valence-corrected chi connectivity index (χ0v) is 19.9. The van der Waals surface area contributed by atoms with E-state index in [2.05, 4.69) is 23.3 Å². The van der Waals surface area contributed by atoms with Gasteiger partial charge < -0.3 is 26.4 Å². The van der Waals surface area contributed by atoms with Gasteiger partial charge in [-0.05, 0) is 49.7 Å². The van der Waals surface area contributed by atoms with Crippen LogP contribution >= 0.6 is 36.2 Å². The summed E-state index contributed by atoms with van der Waals surface area (Å²) in [6.07, 6.45) is 5.62. The number of nitrogens with one attached hydrogen (secondary N) is 2. The monoisotopic (exact) mass is 480 g/mol. The number of thiol groups is 1. The minimum absolute atomic E-state index is 0.0656. The van der Waals surface area contributed by atoms with E-state index >= 15 is 0 Å². The molecule has 0 radical (unpaired) electrons. The van der Waals surface area contributed by atoms with Gasteiger partial charge >= 0.3 is 5.97 Å². The predicted molar refractivity (Wildman–Crippen MR) is 124 cm³/mol. The molecule has 0 aromatic heterocycles. The molecule has 1 saturated heterocycles. The molecule has 9 nitrogen and oxygen atoms in total. The van der Waals surface area contributed by atoms with Crippen molar-refractivity contribution in [3.8, 4) is 0 Å². The van der Waals surface area contributed by atoms with Crippen LogP contribution in [0, 0.1) is 0 Å². The van der Waals surface area contributed by atoms with Crippen LogP contribution in [-0.4, -0.2) is 94.2 Å². The quantitative estimate of drug-likeness (QED) is 0.228. The minimum Gasteiger partial charge on any atom is -0.480 e. The highest BCUT2D eigenvalue weighted by Crippen LogP contribution is 2.19. The first kappa shape index (κ1) is 26.9. The first-order chi connectivity index (χ1) is 14.3. The minimum atomic E-state index is -1.10. The Balaban J connectivity index is 2.77. The topological polar surface area (TPSA) is 142 Å². The van der Waals surface area contributed by atoms with Crippen molar-refractivity contribution in [2.75, 3.05) is 36.3 Å². The number of thioether (sulfide) groups is 2. The second-order valence-electron chi connectivity index (χ2n) is 7.00. The average molecular weight is 481 g/mol. The normalized spacial score (nSPS) is 19.1. The highest BCUT2D eigenvalue weighted by Gasteiger charge is 2.38. The highest BCUT2D eigenvalue weighted by atomic mass is 32.2. The smallest absolute Gasteiger partial charge is 0.326 e. The Hall–Kier alpha value is -1.11. The number of likely N-dealkylation sites (tertiary alicyclic amines) is 1. The summed E-state index contributed by atoms with van der Waals surface area (Å²) >= 11 is 7.24. The Morgan fingerprint density at radius 1 is 1.13 bits per heavy atom. The van der Waals surface area contributed by atoms with E-state index in [1.54, 1.807) is 11.8 Å². The second kappa shape index (κ2) is 14.0. The Bertz CT molecular complexity index is 610. The fourth-order valence-corrected chi connectivity index (χ4v) is 4.31. The lowest BCUT2D eigenvalue weighted by Gasteiger charge is -2.29. The first-order valence-corrected chi connectivity index (χ1v) is 13.2. The molecule has 1 heterocycles. The second-order valence-corrected chi connectivity index (χ2v) is 9.34. The van der Waals surface area contributed by atoms with Gasteiger partial charge in [-0.3, -0.25) is 14.4 Å². The van der Waals surface area contributed by atoms with Crippen LogP contribution in [0.2, 0.25) is 0 Å². The molecule has 0 aromatic rings. The Labute approximate surface area is 191 Å². The van der Waals surface area contributed by atoms with Crippen molar-refractivity contribution in [3.63, 3.8) is 0 Å². The van der Waals surface area contributed by atoms with E-state index in [1.165, 1.54) is 16.7 Å². The van der Waals surface area contributed by atoms with Crippen molar-refractivity contribution >= 4 is 59.8 Å². The SMILES string of the molecule is CSCCC(N)C(=O)NC(CS)C(=O)N1CCCC1C(=O)NC(CCSC)C(=O)O. The molecule has 3 amide bonds. The molecule has 1 aliphatic rings.